The summed E-state index contributed by atoms with van der Waals surface area (Å²) in [6.07, 6.45) is 8.03. The standard InChI is InChI=1S/C15H33NO/c1-5-10-15(4)17-12-9-7-6-8-11-16-13-14(2)3/h14-16H,5-13H2,1-4H3. The highest BCUT2D eigenvalue weighted by Crippen LogP contribution is 2.04. The van der Waals surface area contributed by atoms with Crippen LogP contribution in [0.15, 0.2) is 0 Å². The van der Waals surface area contributed by atoms with Crippen molar-refractivity contribution in [2.75, 3.05) is 19.7 Å². The Bertz CT molecular complexity index is 148. The molecule has 0 aromatic carbocycles. The van der Waals surface area contributed by atoms with Crippen LogP contribution in [0.1, 0.15) is 66.2 Å². The summed E-state index contributed by atoms with van der Waals surface area (Å²) in [6, 6.07) is 0. The Morgan fingerprint density at radius 2 is 1.71 bits per heavy atom. The van der Waals surface area contributed by atoms with Crippen molar-refractivity contribution >= 4 is 0 Å². The SMILES string of the molecule is CCCC(C)OCCCCCCNCC(C)C. The molecule has 0 fully saturated rings. The van der Waals surface area contributed by atoms with Crippen LogP contribution in [0.5, 0.6) is 0 Å². The maximum Gasteiger partial charge on any atom is 0.0546 e. The summed E-state index contributed by atoms with van der Waals surface area (Å²) in [5, 5.41) is 3.48. The fourth-order valence-electron chi connectivity index (χ4n) is 1.87. The molecule has 0 amide bonds. The summed E-state index contributed by atoms with van der Waals surface area (Å²) in [5.74, 6) is 0.767. The maximum absolute atomic E-state index is 5.73. The molecule has 2 nitrogen and oxygen atoms in total. The van der Waals surface area contributed by atoms with Gasteiger partial charge in [-0.05, 0) is 45.2 Å². The average molecular weight is 243 g/mol. The second kappa shape index (κ2) is 12.4. The number of rotatable bonds is 12. The van der Waals surface area contributed by atoms with E-state index in [4.69, 9.17) is 4.74 Å². The molecule has 0 radical (unpaired) electrons. The molecule has 0 saturated heterocycles. The molecule has 17 heavy (non-hydrogen) atoms. The van der Waals surface area contributed by atoms with Crippen LogP contribution in [-0.2, 0) is 4.74 Å². The van der Waals surface area contributed by atoms with Gasteiger partial charge in [0.2, 0.25) is 0 Å². The first-order valence-corrected chi connectivity index (χ1v) is 7.49. The minimum Gasteiger partial charge on any atom is -0.379 e. The molecule has 0 saturated carbocycles. The van der Waals surface area contributed by atoms with E-state index in [0.29, 0.717) is 6.10 Å². The first-order valence-electron chi connectivity index (χ1n) is 7.49. The van der Waals surface area contributed by atoms with Crippen molar-refractivity contribution in [2.45, 2.75) is 72.3 Å². The van der Waals surface area contributed by atoms with Crippen LogP contribution < -0.4 is 5.32 Å². The summed E-state index contributed by atoms with van der Waals surface area (Å²) in [5.41, 5.74) is 0. The zero-order valence-electron chi connectivity index (χ0n) is 12.4. The number of ether oxygens (including phenoxy) is 1. The van der Waals surface area contributed by atoms with Crippen molar-refractivity contribution in [1.29, 1.82) is 0 Å². The molecule has 0 bridgehead atoms. The molecule has 0 spiro atoms. The van der Waals surface area contributed by atoms with Crippen molar-refractivity contribution < 1.29 is 4.74 Å². The third-order valence-corrected chi connectivity index (χ3v) is 2.90. The normalized spacial score (nSPS) is 13.2. The van der Waals surface area contributed by atoms with Crippen molar-refractivity contribution in [1.82, 2.24) is 5.32 Å². The van der Waals surface area contributed by atoms with Crippen molar-refractivity contribution in [2.24, 2.45) is 5.92 Å². The van der Waals surface area contributed by atoms with E-state index >= 15 is 0 Å². The molecule has 2 heteroatoms. The highest BCUT2D eigenvalue weighted by molar-refractivity contribution is 4.53. The van der Waals surface area contributed by atoms with Gasteiger partial charge in [-0.25, -0.2) is 0 Å². The van der Waals surface area contributed by atoms with E-state index in [9.17, 15) is 0 Å². The molecule has 0 aliphatic rings. The predicted octanol–water partition coefficient (Wildman–Crippen LogP) is 4.00. The Balaban J connectivity index is 3.03. The number of hydrogen-bond acceptors (Lipinski definition) is 2. The van der Waals surface area contributed by atoms with Crippen LogP contribution in [0.2, 0.25) is 0 Å². The van der Waals surface area contributed by atoms with Crippen LogP contribution in [0, 0.1) is 5.92 Å². The van der Waals surface area contributed by atoms with Crippen molar-refractivity contribution in [3.63, 3.8) is 0 Å². The van der Waals surface area contributed by atoms with Gasteiger partial charge in [0.05, 0.1) is 6.10 Å². The quantitative estimate of drug-likeness (QED) is 0.523. The van der Waals surface area contributed by atoms with E-state index in [2.05, 4.69) is 33.0 Å². The lowest BCUT2D eigenvalue weighted by Crippen LogP contribution is -2.20. The average Bonchev–Trinajstić information content (AvgIpc) is 2.27. The first-order chi connectivity index (χ1) is 8.16. The molecule has 0 aromatic rings. The van der Waals surface area contributed by atoms with Crippen molar-refractivity contribution in [3.8, 4) is 0 Å². The monoisotopic (exact) mass is 243 g/mol. The van der Waals surface area contributed by atoms with Gasteiger partial charge < -0.3 is 10.1 Å². The van der Waals surface area contributed by atoms with Crippen LogP contribution >= 0.6 is 0 Å². The molecular weight excluding hydrogens is 210 g/mol. The van der Waals surface area contributed by atoms with Crippen LogP contribution in [0.3, 0.4) is 0 Å². The van der Waals surface area contributed by atoms with Gasteiger partial charge >= 0.3 is 0 Å². The van der Waals surface area contributed by atoms with Gasteiger partial charge in [-0.1, -0.05) is 40.0 Å². The summed E-state index contributed by atoms with van der Waals surface area (Å²) < 4.78 is 5.73. The van der Waals surface area contributed by atoms with Gasteiger partial charge in [0.15, 0.2) is 0 Å². The molecule has 104 valence electrons. The molecule has 1 unspecified atom stereocenters. The summed E-state index contributed by atoms with van der Waals surface area (Å²) >= 11 is 0. The van der Waals surface area contributed by atoms with Crippen molar-refractivity contribution in [3.05, 3.63) is 0 Å². The molecule has 0 rings (SSSR count). The van der Waals surface area contributed by atoms with E-state index in [1.54, 1.807) is 0 Å². The van der Waals surface area contributed by atoms with E-state index in [1.165, 1.54) is 45.1 Å². The largest absolute Gasteiger partial charge is 0.379 e. The fourth-order valence-corrected chi connectivity index (χ4v) is 1.87. The lowest BCUT2D eigenvalue weighted by atomic mass is 10.2. The number of hydrogen-bond donors (Lipinski definition) is 1. The lowest BCUT2D eigenvalue weighted by molar-refractivity contribution is 0.0570. The molecule has 1 N–H and O–H groups in total. The van der Waals surface area contributed by atoms with Gasteiger partial charge in [0.1, 0.15) is 0 Å². The predicted molar refractivity (Wildman–Crippen MR) is 76.5 cm³/mol. The van der Waals surface area contributed by atoms with Gasteiger partial charge in [-0.2, -0.15) is 0 Å². The van der Waals surface area contributed by atoms with E-state index < -0.39 is 0 Å². The minimum atomic E-state index is 0.452. The third kappa shape index (κ3) is 13.9. The minimum absolute atomic E-state index is 0.452. The Morgan fingerprint density at radius 3 is 2.35 bits per heavy atom. The molecule has 0 heterocycles. The number of nitrogens with one attached hydrogen (secondary N) is 1. The third-order valence-electron chi connectivity index (χ3n) is 2.90. The lowest BCUT2D eigenvalue weighted by Gasteiger charge is -2.11. The van der Waals surface area contributed by atoms with E-state index in [-0.39, 0.29) is 0 Å². The van der Waals surface area contributed by atoms with Crippen LogP contribution in [0.25, 0.3) is 0 Å². The van der Waals surface area contributed by atoms with E-state index in [1.807, 2.05) is 0 Å². The van der Waals surface area contributed by atoms with Gasteiger partial charge in [-0.3, -0.25) is 0 Å². The molecule has 1 atom stereocenters. The Hall–Kier alpha value is -0.0800. The zero-order chi connectivity index (χ0) is 12.9. The highest BCUT2D eigenvalue weighted by Gasteiger charge is 1.99. The Labute approximate surface area is 109 Å². The molecule has 0 aromatic heterocycles. The second-order valence-electron chi connectivity index (χ2n) is 5.48. The fraction of sp³-hybridized carbons (Fsp3) is 1.00. The van der Waals surface area contributed by atoms with Gasteiger partial charge in [-0.15, -0.1) is 0 Å². The molecular formula is C15H33NO. The molecule has 0 aliphatic heterocycles. The Kier molecular flexibility index (Phi) is 12.3. The summed E-state index contributed by atoms with van der Waals surface area (Å²) in [6.45, 7) is 12.2. The highest BCUT2D eigenvalue weighted by atomic mass is 16.5. The van der Waals surface area contributed by atoms with Gasteiger partial charge in [0, 0.05) is 6.61 Å². The summed E-state index contributed by atoms with van der Waals surface area (Å²) in [7, 11) is 0. The zero-order valence-corrected chi connectivity index (χ0v) is 12.4. The molecule has 0 aliphatic carbocycles. The van der Waals surface area contributed by atoms with Gasteiger partial charge in [0.25, 0.3) is 0 Å². The van der Waals surface area contributed by atoms with E-state index in [0.717, 1.165) is 19.1 Å². The maximum atomic E-state index is 5.73. The topological polar surface area (TPSA) is 21.3 Å². The smallest absolute Gasteiger partial charge is 0.0546 e. The Morgan fingerprint density at radius 1 is 1.00 bits per heavy atom. The first kappa shape index (κ1) is 16.9. The second-order valence-corrected chi connectivity index (χ2v) is 5.48. The number of unbranched alkanes of at least 4 members (excludes halogenated alkanes) is 3. The van der Waals surface area contributed by atoms with Crippen LogP contribution in [-0.4, -0.2) is 25.8 Å². The van der Waals surface area contributed by atoms with Crippen LogP contribution in [0.4, 0.5) is 0 Å². The summed E-state index contributed by atoms with van der Waals surface area (Å²) in [4.78, 5) is 0.